The molecule has 0 atom stereocenters. The summed E-state index contributed by atoms with van der Waals surface area (Å²) in [4.78, 5) is 4.90. The summed E-state index contributed by atoms with van der Waals surface area (Å²) in [6, 6.07) is 18.4. The van der Waals surface area contributed by atoms with E-state index in [4.69, 9.17) is 30.5 Å². The lowest BCUT2D eigenvalue weighted by atomic mass is 10.0. The second-order valence-corrected chi connectivity index (χ2v) is 8.99. The van der Waals surface area contributed by atoms with Crippen LogP contribution in [0.3, 0.4) is 0 Å². The predicted octanol–water partition coefficient (Wildman–Crippen LogP) is 5.78. The van der Waals surface area contributed by atoms with E-state index < -0.39 is 0 Å². The molecule has 8 heteroatoms. The fourth-order valence-corrected chi connectivity index (χ4v) is 4.71. The molecule has 1 heterocycles. The van der Waals surface area contributed by atoms with E-state index in [0.717, 1.165) is 78.0 Å². The number of methoxy groups -OCH3 is 4. The standard InChI is InChI=1S/C28H33ClN2O4.ClH/c1-32-24-9-5-20(6-10-24)21-7-11-25(29)23(17-21)19-31-15-13-30(14-16-31)18-22-8-12-26(33-2)28(35-4)27(22)34-3;/h5-12,17H,13-16,18-19H2,1-4H3;1H. The van der Waals surface area contributed by atoms with Crippen LogP contribution in [0.2, 0.25) is 5.02 Å². The zero-order chi connectivity index (χ0) is 24.8. The molecule has 3 aromatic rings. The van der Waals surface area contributed by atoms with Crippen molar-refractivity contribution in [2.24, 2.45) is 0 Å². The molecule has 0 amide bonds. The average molecular weight is 533 g/mol. The molecule has 36 heavy (non-hydrogen) atoms. The predicted molar refractivity (Wildman–Crippen MR) is 147 cm³/mol. The molecular weight excluding hydrogens is 499 g/mol. The second kappa shape index (κ2) is 13.1. The Labute approximate surface area is 225 Å². The molecule has 0 bridgehead atoms. The minimum absolute atomic E-state index is 0. The summed E-state index contributed by atoms with van der Waals surface area (Å²) in [6.07, 6.45) is 0. The van der Waals surface area contributed by atoms with Crippen molar-refractivity contribution in [1.82, 2.24) is 9.80 Å². The second-order valence-electron chi connectivity index (χ2n) is 8.58. The van der Waals surface area contributed by atoms with E-state index in [2.05, 4.69) is 40.1 Å². The van der Waals surface area contributed by atoms with Crippen LogP contribution in [-0.4, -0.2) is 64.4 Å². The van der Waals surface area contributed by atoms with E-state index in [1.165, 1.54) is 0 Å². The zero-order valence-electron chi connectivity index (χ0n) is 21.3. The van der Waals surface area contributed by atoms with Crippen LogP contribution >= 0.6 is 24.0 Å². The third-order valence-electron chi connectivity index (χ3n) is 6.51. The number of rotatable bonds is 9. The molecule has 0 unspecified atom stereocenters. The number of benzene rings is 3. The highest BCUT2D eigenvalue weighted by atomic mass is 35.5. The van der Waals surface area contributed by atoms with Crippen LogP contribution < -0.4 is 18.9 Å². The number of hydrogen-bond donors (Lipinski definition) is 0. The summed E-state index contributed by atoms with van der Waals surface area (Å²) < 4.78 is 21.9. The van der Waals surface area contributed by atoms with Crippen LogP contribution in [0.25, 0.3) is 11.1 Å². The number of ether oxygens (including phenoxy) is 4. The smallest absolute Gasteiger partial charge is 0.203 e. The summed E-state index contributed by atoms with van der Waals surface area (Å²) in [5.41, 5.74) is 4.55. The fourth-order valence-electron chi connectivity index (χ4n) is 4.53. The van der Waals surface area contributed by atoms with Gasteiger partial charge in [-0.05, 0) is 47.0 Å². The maximum atomic E-state index is 6.58. The highest BCUT2D eigenvalue weighted by molar-refractivity contribution is 6.31. The van der Waals surface area contributed by atoms with Crippen molar-refractivity contribution >= 4 is 24.0 Å². The number of piperazine rings is 1. The summed E-state index contributed by atoms with van der Waals surface area (Å²) in [5.74, 6) is 2.90. The Morgan fingerprint density at radius 2 is 1.22 bits per heavy atom. The third-order valence-corrected chi connectivity index (χ3v) is 6.88. The van der Waals surface area contributed by atoms with Gasteiger partial charge in [0.25, 0.3) is 0 Å². The molecule has 3 aromatic carbocycles. The van der Waals surface area contributed by atoms with Crippen molar-refractivity contribution < 1.29 is 18.9 Å². The van der Waals surface area contributed by atoms with Gasteiger partial charge in [-0.25, -0.2) is 0 Å². The minimum atomic E-state index is 0. The van der Waals surface area contributed by atoms with Gasteiger partial charge in [-0.15, -0.1) is 12.4 Å². The van der Waals surface area contributed by atoms with E-state index >= 15 is 0 Å². The van der Waals surface area contributed by atoms with Crippen molar-refractivity contribution in [1.29, 1.82) is 0 Å². The molecule has 0 aliphatic carbocycles. The van der Waals surface area contributed by atoms with Crippen LogP contribution in [0.15, 0.2) is 54.6 Å². The first-order chi connectivity index (χ1) is 17.1. The van der Waals surface area contributed by atoms with Crippen molar-refractivity contribution in [3.8, 4) is 34.1 Å². The maximum absolute atomic E-state index is 6.58. The first-order valence-electron chi connectivity index (χ1n) is 11.7. The Kier molecular flexibility index (Phi) is 10.1. The summed E-state index contributed by atoms with van der Waals surface area (Å²) in [6.45, 7) is 5.50. The highest BCUT2D eigenvalue weighted by Crippen LogP contribution is 2.40. The first kappa shape index (κ1) is 27.9. The number of halogens is 2. The zero-order valence-corrected chi connectivity index (χ0v) is 22.8. The molecule has 0 spiro atoms. The molecule has 194 valence electrons. The van der Waals surface area contributed by atoms with Gasteiger partial charge < -0.3 is 18.9 Å². The van der Waals surface area contributed by atoms with Gasteiger partial charge in [0.1, 0.15) is 5.75 Å². The molecule has 1 aliphatic rings. The van der Waals surface area contributed by atoms with Crippen LogP contribution in [0.4, 0.5) is 0 Å². The van der Waals surface area contributed by atoms with Gasteiger partial charge >= 0.3 is 0 Å². The molecule has 0 N–H and O–H groups in total. The summed E-state index contributed by atoms with van der Waals surface area (Å²) in [7, 11) is 6.62. The number of nitrogens with zero attached hydrogens (tertiary/aromatic N) is 2. The Bertz CT molecular complexity index is 1130. The van der Waals surface area contributed by atoms with Crippen LogP contribution in [0.5, 0.6) is 23.0 Å². The van der Waals surface area contributed by atoms with Gasteiger partial charge in [0.15, 0.2) is 11.5 Å². The molecule has 0 radical (unpaired) electrons. The highest BCUT2D eigenvalue weighted by Gasteiger charge is 2.22. The Morgan fingerprint density at radius 1 is 0.639 bits per heavy atom. The van der Waals surface area contributed by atoms with Gasteiger partial charge in [-0.2, -0.15) is 0 Å². The van der Waals surface area contributed by atoms with Crippen molar-refractivity contribution in [3.05, 3.63) is 70.7 Å². The van der Waals surface area contributed by atoms with Crippen molar-refractivity contribution in [2.75, 3.05) is 54.6 Å². The number of hydrogen-bond acceptors (Lipinski definition) is 6. The van der Waals surface area contributed by atoms with E-state index in [1.54, 1.807) is 28.4 Å². The van der Waals surface area contributed by atoms with Gasteiger partial charge in [0.05, 0.1) is 28.4 Å². The minimum Gasteiger partial charge on any atom is -0.497 e. The molecule has 4 rings (SSSR count). The van der Waals surface area contributed by atoms with E-state index in [0.29, 0.717) is 11.5 Å². The molecule has 1 aliphatic heterocycles. The lowest BCUT2D eigenvalue weighted by Gasteiger charge is -2.35. The molecule has 1 fully saturated rings. The molecule has 6 nitrogen and oxygen atoms in total. The van der Waals surface area contributed by atoms with Gasteiger partial charge in [0, 0.05) is 49.9 Å². The lowest BCUT2D eigenvalue weighted by Crippen LogP contribution is -2.45. The maximum Gasteiger partial charge on any atom is 0.203 e. The van der Waals surface area contributed by atoms with Gasteiger partial charge in [-0.3, -0.25) is 9.80 Å². The SMILES string of the molecule is COc1ccc(-c2ccc(Cl)c(CN3CCN(Cc4ccc(OC)c(OC)c4OC)CC3)c2)cc1.Cl. The summed E-state index contributed by atoms with van der Waals surface area (Å²) >= 11 is 6.58. The normalized spacial score (nSPS) is 14.1. The Balaban J connectivity index is 0.00000361. The quantitative estimate of drug-likeness (QED) is 0.348. The van der Waals surface area contributed by atoms with Gasteiger partial charge in [-0.1, -0.05) is 35.9 Å². The first-order valence-corrected chi connectivity index (χ1v) is 12.1. The molecular formula is C28H34Cl2N2O4. The fraction of sp³-hybridized carbons (Fsp3) is 0.357. The van der Waals surface area contributed by atoms with E-state index in [9.17, 15) is 0 Å². The largest absolute Gasteiger partial charge is 0.497 e. The van der Waals surface area contributed by atoms with Crippen LogP contribution in [0, 0.1) is 0 Å². The van der Waals surface area contributed by atoms with E-state index in [1.807, 2.05) is 24.3 Å². The van der Waals surface area contributed by atoms with Crippen molar-refractivity contribution in [3.63, 3.8) is 0 Å². The Morgan fingerprint density at radius 3 is 1.78 bits per heavy atom. The third kappa shape index (κ3) is 6.37. The van der Waals surface area contributed by atoms with Crippen molar-refractivity contribution in [2.45, 2.75) is 13.1 Å². The topological polar surface area (TPSA) is 43.4 Å². The molecule has 1 saturated heterocycles. The van der Waals surface area contributed by atoms with Crippen LogP contribution in [0.1, 0.15) is 11.1 Å². The Hall–Kier alpha value is -2.64. The molecule has 0 saturated carbocycles. The van der Waals surface area contributed by atoms with Crippen LogP contribution in [-0.2, 0) is 13.1 Å². The lowest BCUT2D eigenvalue weighted by molar-refractivity contribution is 0.121. The monoisotopic (exact) mass is 532 g/mol. The van der Waals surface area contributed by atoms with Gasteiger partial charge in [0.2, 0.25) is 5.75 Å². The average Bonchev–Trinajstić information content (AvgIpc) is 2.90. The summed E-state index contributed by atoms with van der Waals surface area (Å²) in [5, 5.41) is 0.805. The molecule has 0 aromatic heterocycles. The van der Waals surface area contributed by atoms with E-state index in [-0.39, 0.29) is 12.4 Å².